The molecule has 0 spiro atoms. The van der Waals surface area contributed by atoms with E-state index in [-0.39, 0.29) is 5.41 Å². The summed E-state index contributed by atoms with van der Waals surface area (Å²) in [6.07, 6.45) is 5.45. The Hall–Kier alpha value is -0.0700. The van der Waals surface area contributed by atoms with E-state index in [0.29, 0.717) is 6.42 Å². The van der Waals surface area contributed by atoms with Gasteiger partial charge in [-0.2, -0.15) is 0 Å². The van der Waals surface area contributed by atoms with Crippen molar-refractivity contribution in [1.29, 1.82) is 0 Å². The highest BCUT2D eigenvalue weighted by atomic mass is 19.1. The lowest BCUT2D eigenvalue weighted by atomic mass is 9.74. The molecular weight excluding hydrogens is 163 g/mol. The standard InChI is InChI=1S/C12H25F/c1-5-9-12(7-3,8-4)10-11(13)6-2/h11H,5-10H2,1-4H3. The van der Waals surface area contributed by atoms with E-state index < -0.39 is 6.17 Å². The maximum absolute atomic E-state index is 13.3. The Kier molecular flexibility index (Phi) is 6.36. The molecule has 0 aliphatic heterocycles. The molecule has 0 fully saturated rings. The quantitative estimate of drug-likeness (QED) is 0.541. The van der Waals surface area contributed by atoms with Crippen molar-refractivity contribution < 1.29 is 4.39 Å². The molecule has 1 atom stereocenters. The Morgan fingerprint density at radius 3 is 1.92 bits per heavy atom. The molecule has 0 rings (SSSR count). The molecule has 0 aliphatic rings. The van der Waals surface area contributed by atoms with Gasteiger partial charge in [-0.3, -0.25) is 0 Å². The van der Waals surface area contributed by atoms with Crippen molar-refractivity contribution in [3.05, 3.63) is 0 Å². The first kappa shape index (κ1) is 12.9. The van der Waals surface area contributed by atoms with Crippen LogP contribution in [0, 0.1) is 5.41 Å². The van der Waals surface area contributed by atoms with Crippen molar-refractivity contribution in [2.45, 2.75) is 72.4 Å². The Morgan fingerprint density at radius 1 is 1.08 bits per heavy atom. The summed E-state index contributed by atoms with van der Waals surface area (Å²) in [7, 11) is 0. The lowest BCUT2D eigenvalue weighted by molar-refractivity contribution is 0.144. The van der Waals surface area contributed by atoms with Crippen molar-refractivity contribution in [3.8, 4) is 0 Å². The van der Waals surface area contributed by atoms with Crippen molar-refractivity contribution >= 4 is 0 Å². The monoisotopic (exact) mass is 188 g/mol. The van der Waals surface area contributed by atoms with Crippen LogP contribution in [0.3, 0.4) is 0 Å². The Bertz CT molecular complexity index is 116. The molecule has 0 aliphatic carbocycles. The van der Waals surface area contributed by atoms with Gasteiger partial charge in [-0.1, -0.05) is 47.0 Å². The van der Waals surface area contributed by atoms with E-state index in [4.69, 9.17) is 0 Å². The van der Waals surface area contributed by atoms with Crippen LogP contribution in [0.25, 0.3) is 0 Å². The average molecular weight is 188 g/mol. The van der Waals surface area contributed by atoms with Crippen LogP contribution in [0.4, 0.5) is 4.39 Å². The summed E-state index contributed by atoms with van der Waals surface area (Å²) in [4.78, 5) is 0. The van der Waals surface area contributed by atoms with E-state index in [1.807, 2.05) is 6.92 Å². The minimum absolute atomic E-state index is 0.282. The van der Waals surface area contributed by atoms with Gasteiger partial charge < -0.3 is 0 Å². The van der Waals surface area contributed by atoms with Crippen LogP contribution < -0.4 is 0 Å². The molecule has 0 N–H and O–H groups in total. The molecule has 0 amide bonds. The van der Waals surface area contributed by atoms with Crippen molar-refractivity contribution in [1.82, 2.24) is 0 Å². The van der Waals surface area contributed by atoms with Gasteiger partial charge in [0, 0.05) is 0 Å². The van der Waals surface area contributed by atoms with Crippen LogP contribution >= 0.6 is 0 Å². The van der Waals surface area contributed by atoms with Crippen molar-refractivity contribution in [3.63, 3.8) is 0 Å². The fourth-order valence-corrected chi connectivity index (χ4v) is 2.14. The number of hydrogen-bond acceptors (Lipinski definition) is 0. The minimum atomic E-state index is -0.591. The molecule has 0 aromatic rings. The molecule has 0 saturated heterocycles. The van der Waals surface area contributed by atoms with Crippen LogP contribution in [-0.2, 0) is 0 Å². The number of rotatable bonds is 7. The molecule has 0 nitrogen and oxygen atoms in total. The molecular formula is C12H25F. The van der Waals surface area contributed by atoms with E-state index in [1.165, 1.54) is 12.8 Å². The summed E-state index contributed by atoms with van der Waals surface area (Å²) >= 11 is 0. The van der Waals surface area contributed by atoms with Crippen LogP contribution in [0.2, 0.25) is 0 Å². The third kappa shape index (κ3) is 4.10. The van der Waals surface area contributed by atoms with Crippen LogP contribution in [0.1, 0.15) is 66.2 Å². The lowest BCUT2D eigenvalue weighted by Gasteiger charge is -2.32. The smallest absolute Gasteiger partial charge is 0.100 e. The van der Waals surface area contributed by atoms with E-state index in [1.54, 1.807) is 0 Å². The van der Waals surface area contributed by atoms with Gasteiger partial charge in [0.2, 0.25) is 0 Å². The fraction of sp³-hybridized carbons (Fsp3) is 1.00. The largest absolute Gasteiger partial charge is 0.247 e. The van der Waals surface area contributed by atoms with Gasteiger partial charge in [0.15, 0.2) is 0 Å². The molecule has 0 aromatic carbocycles. The number of alkyl halides is 1. The first-order valence-corrected chi connectivity index (χ1v) is 5.78. The zero-order valence-corrected chi connectivity index (χ0v) is 9.70. The summed E-state index contributed by atoms with van der Waals surface area (Å²) in [6, 6.07) is 0. The molecule has 13 heavy (non-hydrogen) atoms. The molecule has 0 radical (unpaired) electrons. The van der Waals surface area contributed by atoms with Gasteiger partial charge in [-0.25, -0.2) is 4.39 Å². The van der Waals surface area contributed by atoms with Gasteiger partial charge in [0.05, 0.1) is 0 Å². The SMILES string of the molecule is CCCC(CC)(CC)CC(F)CC. The normalized spacial score (nSPS) is 14.5. The Balaban J connectivity index is 4.19. The molecule has 0 aromatic heterocycles. The van der Waals surface area contributed by atoms with Crippen LogP contribution in [-0.4, -0.2) is 6.17 Å². The topological polar surface area (TPSA) is 0 Å². The minimum Gasteiger partial charge on any atom is -0.247 e. The van der Waals surface area contributed by atoms with Gasteiger partial charge in [0.25, 0.3) is 0 Å². The van der Waals surface area contributed by atoms with E-state index in [2.05, 4.69) is 20.8 Å². The zero-order valence-electron chi connectivity index (χ0n) is 9.70. The van der Waals surface area contributed by atoms with Gasteiger partial charge in [-0.15, -0.1) is 0 Å². The molecule has 1 heteroatoms. The summed E-state index contributed by atoms with van der Waals surface area (Å²) in [5.41, 5.74) is 0.282. The van der Waals surface area contributed by atoms with Crippen molar-refractivity contribution in [2.24, 2.45) is 5.41 Å². The van der Waals surface area contributed by atoms with Gasteiger partial charge in [-0.05, 0) is 24.7 Å². The second-order valence-corrected chi connectivity index (χ2v) is 4.17. The summed E-state index contributed by atoms with van der Waals surface area (Å²) in [5, 5.41) is 0. The highest BCUT2D eigenvalue weighted by Gasteiger charge is 2.27. The first-order valence-electron chi connectivity index (χ1n) is 5.78. The van der Waals surface area contributed by atoms with E-state index in [0.717, 1.165) is 19.3 Å². The van der Waals surface area contributed by atoms with E-state index in [9.17, 15) is 4.39 Å². The second-order valence-electron chi connectivity index (χ2n) is 4.17. The second kappa shape index (κ2) is 6.39. The number of hydrogen-bond donors (Lipinski definition) is 0. The maximum atomic E-state index is 13.3. The maximum Gasteiger partial charge on any atom is 0.100 e. The van der Waals surface area contributed by atoms with Gasteiger partial charge >= 0.3 is 0 Å². The zero-order chi connectivity index (χ0) is 10.3. The third-order valence-electron chi connectivity index (χ3n) is 3.38. The summed E-state index contributed by atoms with van der Waals surface area (Å²) < 4.78 is 13.3. The Morgan fingerprint density at radius 2 is 1.62 bits per heavy atom. The molecule has 1 unspecified atom stereocenters. The van der Waals surface area contributed by atoms with Crippen molar-refractivity contribution in [2.75, 3.05) is 0 Å². The lowest BCUT2D eigenvalue weighted by Crippen LogP contribution is -2.23. The molecule has 0 bridgehead atoms. The third-order valence-corrected chi connectivity index (χ3v) is 3.38. The van der Waals surface area contributed by atoms with Crippen LogP contribution in [0.5, 0.6) is 0 Å². The Labute approximate surface area is 82.9 Å². The van der Waals surface area contributed by atoms with Crippen LogP contribution in [0.15, 0.2) is 0 Å². The molecule has 0 saturated carbocycles. The summed E-state index contributed by atoms with van der Waals surface area (Å²) in [5.74, 6) is 0. The predicted molar refractivity (Wildman–Crippen MR) is 57.7 cm³/mol. The fourth-order valence-electron chi connectivity index (χ4n) is 2.14. The molecule has 80 valence electrons. The average Bonchev–Trinajstić information content (AvgIpc) is 2.17. The molecule has 0 heterocycles. The number of halogens is 1. The van der Waals surface area contributed by atoms with Gasteiger partial charge in [0.1, 0.15) is 6.17 Å². The summed E-state index contributed by atoms with van der Waals surface area (Å²) in [6.45, 7) is 8.52. The predicted octanol–water partition coefficient (Wildman–Crippen LogP) is 4.73. The van der Waals surface area contributed by atoms with E-state index >= 15 is 0 Å². The highest BCUT2D eigenvalue weighted by molar-refractivity contribution is 4.79. The first-order chi connectivity index (χ1) is 6.14. The highest BCUT2D eigenvalue weighted by Crippen LogP contribution is 2.38.